The van der Waals surface area contributed by atoms with Gasteiger partial charge in [-0.3, -0.25) is 0 Å². The minimum atomic E-state index is -0.0840. The largest absolute Gasteiger partial charge is 0.384 e. The van der Waals surface area contributed by atoms with E-state index in [2.05, 4.69) is 35.8 Å². The maximum Gasteiger partial charge on any atom is 0.104 e. The van der Waals surface area contributed by atoms with E-state index in [0.29, 0.717) is 11.8 Å². The lowest BCUT2D eigenvalue weighted by Gasteiger charge is -2.11. The smallest absolute Gasteiger partial charge is 0.104 e. The highest BCUT2D eigenvalue weighted by molar-refractivity contribution is 5.45. The van der Waals surface area contributed by atoms with E-state index >= 15 is 0 Å². The molecule has 2 N–H and O–H groups in total. The predicted octanol–water partition coefficient (Wildman–Crippen LogP) is 0.870. The second kappa shape index (κ2) is 5.03. The van der Waals surface area contributed by atoms with Gasteiger partial charge in [-0.1, -0.05) is 35.8 Å². The Hall–Kier alpha value is -1.48. The lowest BCUT2D eigenvalue weighted by atomic mass is 9.90. The second-order valence-electron chi connectivity index (χ2n) is 3.92. The zero-order valence-corrected chi connectivity index (χ0v) is 9.03. The number of hydrogen-bond donors (Lipinski definition) is 2. The Labute approximate surface area is 95.7 Å². The highest BCUT2D eigenvalue weighted by Crippen LogP contribution is 2.43. The van der Waals surface area contributed by atoms with Crippen molar-refractivity contribution in [3.05, 3.63) is 23.3 Å². The molecule has 0 aromatic rings. The van der Waals surface area contributed by atoms with E-state index in [-0.39, 0.29) is 13.2 Å². The van der Waals surface area contributed by atoms with E-state index in [4.69, 9.17) is 10.2 Å². The molecule has 0 spiro atoms. The van der Waals surface area contributed by atoms with Gasteiger partial charge in [-0.2, -0.15) is 0 Å². The molecule has 16 heavy (non-hydrogen) atoms. The van der Waals surface area contributed by atoms with E-state index in [1.807, 2.05) is 0 Å². The molecule has 2 atom stereocenters. The van der Waals surface area contributed by atoms with Crippen LogP contribution in [0.2, 0.25) is 0 Å². The minimum absolute atomic E-state index is 0.0840. The average molecular weight is 214 g/mol. The first kappa shape index (κ1) is 11.0. The van der Waals surface area contributed by atoms with E-state index in [1.165, 1.54) is 0 Å². The first-order valence-corrected chi connectivity index (χ1v) is 5.46. The molecule has 2 rings (SSSR count). The van der Waals surface area contributed by atoms with Gasteiger partial charge in [0.15, 0.2) is 0 Å². The summed E-state index contributed by atoms with van der Waals surface area (Å²) in [5.74, 6) is 12.3. The fourth-order valence-corrected chi connectivity index (χ4v) is 2.40. The molecule has 0 fully saturated rings. The van der Waals surface area contributed by atoms with Gasteiger partial charge in [0.05, 0.1) is 0 Å². The van der Waals surface area contributed by atoms with Crippen LogP contribution in [0.4, 0.5) is 0 Å². The van der Waals surface area contributed by atoms with E-state index < -0.39 is 0 Å². The molecule has 0 bridgehead atoms. The molecule has 2 nitrogen and oxygen atoms in total. The Morgan fingerprint density at radius 2 is 1.38 bits per heavy atom. The fraction of sp³-hybridized carbons (Fsp3) is 0.429. The maximum atomic E-state index is 8.67. The molecule has 0 saturated carbocycles. The first-order chi connectivity index (χ1) is 7.86. The number of allylic oxidation sites excluding steroid dienone is 4. The standard InChI is InChI=1S/C14H14O2/c15-9-1-3-11-5-7-14-12(4-2-10-16)6-8-13(11)14/h5-6,13-16H,7-10H2. The van der Waals surface area contributed by atoms with Crippen LogP contribution >= 0.6 is 0 Å². The molecule has 0 aliphatic heterocycles. The van der Waals surface area contributed by atoms with E-state index in [1.54, 1.807) is 0 Å². The van der Waals surface area contributed by atoms with Gasteiger partial charge in [-0.15, -0.1) is 0 Å². The molecular weight excluding hydrogens is 200 g/mol. The van der Waals surface area contributed by atoms with Crippen LogP contribution in [-0.4, -0.2) is 23.4 Å². The van der Waals surface area contributed by atoms with Gasteiger partial charge in [0.2, 0.25) is 0 Å². The van der Waals surface area contributed by atoms with Gasteiger partial charge in [0.25, 0.3) is 0 Å². The molecule has 2 aliphatic carbocycles. The molecule has 0 amide bonds. The molecule has 2 unspecified atom stereocenters. The Balaban J connectivity index is 2.07. The highest BCUT2D eigenvalue weighted by atomic mass is 16.3. The van der Waals surface area contributed by atoms with Crippen molar-refractivity contribution in [1.29, 1.82) is 0 Å². The monoisotopic (exact) mass is 214 g/mol. The van der Waals surface area contributed by atoms with Crippen LogP contribution in [0.5, 0.6) is 0 Å². The summed E-state index contributed by atoms with van der Waals surface area (Å²) in [6.07, 6.45) is 6.25. The third kappa shape index (κ3) is 2.04. The van der Waals surface area contributed by atoms with Gasteiger partial charge in [0.1, 0.15) is 13.2 Å². The van der Waals surface area contributed by atoms with Crippen LogP contribution in [-0.2, 0) is 0 Å². The fourth-order valence-electron chi connectivity index (χ4n) is 2.40. The van der Waals surface area contributed by atoms with Crippen molar-refractivity contribution >= 4 is 0 Å². The number of aliphatic hydroxyl groups is 2. The Kier molecular flexibility index (Phi) is 3.47. The molecule has 2 aliphatic rings. The average Bonchev–Trinajstić information content (AvgIpc) is 2.86. The zero-order chi connectivity index (χ0) is 11.4. The molecule has 82 valence electrons. The van der Waals surface area contributed by atoms with Crippen molar-refractivity contribution in [1.82, 2.24) is 0 Å². The summed E-state index contributed by atoms with van der Waals surface area (Å²) in [7, 11) is 0. The maximum absolute atomic E-state index is 8.67. The summed E-state index contributed by atoms with van der Waals surface area (Å²) in [4.78, 5) is 0. The van der Waals surface area contributed by atoms with Crippen molar-refractivity contribution in [3.8, 4) is 23.7 Å². The summed E-state index contributed by atoms with van der Waals surface area (Å²) >= 11 is 0. The topological polar surface area (TPSA) is 40.5 Å². The van der Waals surface area contributed by atoms with Crippen LogP contribution in [0.1, 0.15) is 12.8 Å². The van der Waals surface area contributed by atoms with Crippen LogP contribution in [0.15, 0.2) is 23.3 Å². The van der Waals surface area contributed by atoms with Gasteiger partial charge < -0.3 is 10.2 Å². The van der Waals surface area contributed by atoms with Crippen LogP contribution in [0.25, 0.3) is 0 Å². The van der Waals surface area contributed by atoms with Gasteiger partial charge in [-0.05, 0) is 12.8 Å². The molecular formula is C14H14O2. The van der Waals surface area contributed by atoms with Gasteiger partial charge in [0, 0.05) is 23.0 Å². The number of rotatable bonds is 0. The van der Waals surface area contributed by atoms with Gasteiger partial charge in [-0.25, -0.2) is 0 Å². The van der Waals surface area contributed by atoms with Crippen molar-refractivity contribution in [3.63, 3.8) is 0 Å². The summed E-state index contributed by atoms with van der Waals surface area (Å²) in [6.45, 7) is -0.168. The molecule has 0 aromatic heterocycles. The lowest BCUT2D eigenvalue weighted by Crippen LogP contribution is -2.06. The van der Waals surface area contributed by atoms with E-state index in [9.17, 15) is 0 Å². The van der Waals surface area contributed by atoms with Gasteiger partial charge >= 0.3 is 0 Å². The van der Waals surface area contributed by atoms with E-state index in [0.717, 1.165) is 24.0 Å². The van der Waals surface area contributed by atoms with Crippen molar-refractivity contribution < 1.29 is 10.2 Å². The number of aliphatic hydroxyl groups excluding tert-OH is 2. The normalized spacial score (nSPS) is 25.9. The molecule has 0 radical (unpaired) electrons. The second-order valence-corrected chi connectivity index (χ2v) is 3.92. The zero-order valence-electron chi connectivity index (χ0n) is 9.03. The summed E-state index contributed by atoms with van der Waals surface area (Å²) < 4.78 is 0. The van der Waals surface area contributed by atoms with Crippen molar-refractivity contribution in [2.45, 2.75) is 12.8 Å². The SMILES string of the molecule is OCC#CC1=CCC2C(C#CCO)=CCC12. The van der Waals surface area contributed by atoms with Crippen LogP contribution in [0.3, 0.4) is 0 Å². The Morgan fingerprint density at radius 3 is 1.75 bits per heavy atom. The van der Waals surface area contributed by atoms with Crippen LogP contribution in [0, 0.1) is 35.5 Å². The Morgan fingerprint density at radius 1 is 0.938 bits per heavy atom. The Bertz CT molecular complexity index is 405. The lowest BCUT2D eigenvalue weighted by molar-refractivity contribution is 0.350. The summed E-state index contributed by atoms with van der Waals surface area (Å²) in [5.41, 5.74) is 2.27. The molecule has 0 aromatic carbocycles. The van der Waals surface area contributed by atoms with Crippen molar-refractivity contribution in [2.75, 3.05) is 13.2 Å². The van der Waals surface area contributed by atoms with Crippen molar-refractivity contribution in [2.24, 2.45) is 11.8 Å². The first-order valence-electron chi connectivity index (χ1n) is 5.46. The molecule has 2 heteroatoms. The quantitative estimate of drug-likeness (QED) is 0.587. The van der Waals surface area contributed by atoms with Crippen LogP contribution < -0.4 is 0 Å². The number of hydrogen-bond acceptors (Lipinski definition) is 2. The predicted molar refractivity (Wildman–Crippen MR) is 62.1 cm³/mol. The summed E-state index contributed by atoms with van der Waals surface area (Å²) in [6, 6.07) is 0. The summed E-state index contributed by atoms with van der Waals surface area (Å²) in [5, 5.41) is 17.3. The minimum Gasteiger partial charge on any atom is -0.384 e. The number of fused-ring (bicyclic) bond motifs is 1. The third-order valence-electron chi connectivity index (χ3n) is 3.09. The highest BCUT2D eigenvalue weighted by Gasteiger charge is 2.34. The molecule has 0 heterocycles. The molecule has 0 saturated heterocycles. The third-order valence-corrected chi connectivity index (χ3v) is 3.09.